The van der Waals surface area contributed by atoms with E-state index in [1.54, 1.807) is 24.8 Å². The Morgan fingerprint density at radius 3 is 2.74 bits per heavy atom. The minimum atomic E-state index is -0.814. The van der Waals surface area contributed by atoms with Crippen molar-refractivity contribution in [3.8, 4) is 0 Å². The van der Waals surface area contributed by atoms with Gasteiger partial charge >= 0.3 is 0 Å². The molecule has 2 aromatic rings. The molecule has 0 amide bonds. The van der Waals surface area contributed by atoms with Gasteiger partial charge in [-0.1, -0.05) is 12.1 Å². The Balaban J connectivity index is 2.11. The Kier molecular flexibility index (Phi) is 4.21. The van der Waals surface area contributed by atoms with Crippen LogP contribution >= 0.6 is 0 Å². The van der Waals surface area contributed by atoms with Crippen LogP contribution in [0.4, 0.5) is 8.78 Å². The van der Waals surface area contributed by atoms with Gasteiger partial charge in [-0.05, 0) is 25.1 Å². The van der Waals surface area contributed by atoms with Crippen LogP contribution in [0.25, 0.3) is 0 Å². The molecular weight excluding hydrogens is 250 g/mol. The predicted molar refractivity (Wildman–Crippen MR) is 67.6 cm³/mol. The number of benzene rings is 1. The highest BCUT2D eigenvalue weighted by molar-refractivity contribution is 5.20. The topological polar surface area (TPSA) is 42.7 Å². The number of nitrogens with zero attached hydrogens (tertiary/aromatic N) is 3. The summed E-state index contributed by atoms with van der Waals surface area (Å²) in [6, 6.07) is 4.21. The van der Waals surface area contributed by atoms with Gasteiger partial charge in [-0.15, -0.1) is 0 Å². The molecule has 2 rings (SSSR count). The van der Waals surface area contributed by atoms with E-state index < -0.39 is 11.6 Å². The van der Waals surface area contributed by atoms with Gasteiger partial charge in [0.25, 0.3) is 0 Å². The maximum atomic E-state index is 13.6. The van der Waals surface area contributed by atoms with Crippen LogP contribution in [-0.2, 0) is 19.9 Å². The van der Waals surface area contributed by atoms with E-state index in [0.29, 0.717) is 18.4 Å². The van der Waals surface area contributed by atoms with Crippen LogP contribution in [0, 0.1) is 11.6 Å². The van der Waals surface area contributed by atoms with Crippen molar-refractivity contribution in [3.05, 3.63) is 47.5 Å². The fourth-order valence-corrected chi connectivity index (χ4v) is 1.97. The number of halogens is 2. The van der Waals surface area contributed by atoms with Crippen molar-refractivity contribution in [1.29, 1.82) is 0 Å². The molecule has 1 unspecified atom stereocenters. The molecular formula is C13H16F2N4. The molecule has 0 saturated heterocycles. The summed E-state index contributed by atoms with van der Waals surface area (Å²) in [4.78, 5) is 4.13. The molecule has 1 atom stereocenters. The fourth-order valence-electron chi connectivity index (χ4n) is 1.97. The first-order valence-corrected chi connectivity index (χ1v) is 6.05. The van der Waals surface area contributed by atoms with E-state index in [-0.39, 0.29) is 6.04 Å². The Morgan fingerprint density at radius 2 is 2.11 bits per heavy atom. The molecule has 1 aromatic heterocycles. The van der Waals surface area contributed by atoms with Crippen LogP contribution in [0.15, 0.2) is 24.5 Å². The van der Waals surface area contributed by atoms with Crippen LogP contribution in [0.2, 0.25) is 0 Å². The van der Waals surface area contributed by atoms with E-state index in [1.807, 2.05) is 0 Å². The van der Waals surface area contributed by atoms with Crippen molar-refractivity contribution in [2.75, 3.05) is 7.05 Å². The number of nitrogens with one attached hydrogen (secondary N) is 1. The highest BCUT2D eigenvalue weighted by Gasteiger charge is 2.15. The Hall–Kier alpha value is -1.82. The molecule has 0 radical (unpaired) electrons. The Bertz CT molecular complexity index is 553. The van der Waals surface area contributed by atoms with Gasteiger partial charge in [-0.25, -0.2) is 13.8 Å². The summed E-state index contributed by atoms with van der Waals surface area (Å²) in [5.41, 5.74) is 0.363. The molecule has 1 aromatic carbocycles. The quantitative estimate of drug-likeness (QED) is 0.891. The number of aromatic nitrogens is 3. The molecule has 19 heavy (non-hydrogen) atoms. The highest BCUT2D eigenvalue weighted by Crippen LogP contribution is 2.14. The van der Waals surface area contributed by atoms with Crippen LogP contribution < -0.4 is 5.32 Å². The van der Waals surface area contributed by atoms with Crippen LogP contribution in [-0.4, -0.2) is 27.9 Å². The van der Waals surface area contributed by atoms with Crippen molar-refractivity contribution in [3.63, 3.8) is 0 Å². The van der Waals surface area contributed by atoms with Crippen LogP contribution in [0.1, 0.15) is 11.4 Å². The summed E-state index contributed by atoms with van der Waals surface area (Å²) in [6.45, 7) is 0. The second kappa shape index (κ2) is 5.88. The summed E-state index contributed by atoms with van der Waals surface area (Å²) < 4.78 is 28.4. The van der Waals surface area contributed by atoms with Gasteiger partial charge in [-0.3, -0.25) is 4.68 Å². The lowest BCUT2D eigenvalue weighted by molar-refractivity contribution is 0.476. The summed E-state index contributed by atoms with van der Waals surface area (Å²) >= 11 is 0. The van der Waals surface area contributed by atoms with Gasteiger partial charge in [0.05, 0.1) is 0 Å². The zero-order valence-corrected chi connectivity index (χ0v) is 10.9. The molecule has 0 aliphatic heterocycles. The minimum absolute atomic E-state index is 0.0285. The van der Waals surface area contributed by atoms with Crippen molar-refractivity contribution in [1.82, 2.24) is 20.1 Å². The van der Waals surface area contributed by atoms with Crippen LogP contribution in [0.5, 0.6) is 0 Å². The number of rotatable bonds is 5. The smallest absolute Gasteiger partial charge is 0.162 e. The first-order chi connectivity index (χ1) is 9.11. The molecule has 4 nitrogen and oxygen atoms in total. The third-order valence-electron chi connectivity index (χ3n) is 3.14. The minimum Gasteiger partial charge on any atom is -0.316 e. The molecule has 0 spiro atoms. The molecule has 102 valence electrons. The second-order valence-corrected chi connectivity index (χ2v) is 4.41. The standard InChI is InChI=1S/C13H16F2N4/c1-16-10(7-12-17-8-18-19(12)2)6-9-4-3-5-11(14)13(9)15/h3-5,8,10,16H,6-7H2,1-2H3. The Labute approximate surface area is 110 Å². The van der Waals surface area contributed by atoms with E-state index in [9.17, 15) is 8.78 Å². The third-order valence-corrected chi connectivity index (χ3v) is 3.14. The summed E-state index contributed by atoms with van der Waals surface area (Å²) in [7, 11) is 3.59. The first kappa shape index (κ1) is 13.6. The zero-order chi connectivity index (χ0) is 13.8. The fraction of sp³-hybridized carbons (Fsp3) is 0.385. The largest absolute Gasteiger partial charge is 0.316 e. The molecule has 1 N–H and O–H groups in total. The van der Waals surface area contributed by atoms with E-state index in [2.05, 4.69) is 15.4 Å². The lowest BCUT2D eigenvalue weighted by Gasteiger charge is -2.16. The monoisotopic (exact) mass is 266 g/mol. The average molecular weight is 266 g/mol. The molecule has 0 bridgehead atoms. The van der Waals surface area contributed by atoms with Gasteiger partial charge in [0.2, 0.25) is 0 Å². The molecule has 1 heterocycles. The van der Waals surface area contributed by atoms with Crippen molar-refractivity contribution < 1.29 is 8.78 Å². The lowest BCUT2D eigenvalue weighted by Crippen LogP contribution is -2.31. The van der Waals surface area contributed by atoms with Gasteiger partial charge < -0.3 is 5.32 Å². The lowest BCUT2D eigenvalue weighted by atomic mass is 10.0. The maximum absolute atomic E-state index is 13.6. The normalized spacial score (nSPS) is 12.6. The number of aryl methyl sites for hydroxylation is 1. The van der Waals surface area contributed by atoms with E-state index in [0.717, 1.165) is 11.9 Å². The van der Waals surface area contributed by atoms with Gasteiger partial charge in [-0.2, -0.15) is 5.10 Å². The van der Waals surface area contributed by atoms with Crippen molar-refractivity contribution in [2.24, 2.45) is 7.05 Å². The third kappa shape index (κ3) is 3.14. The first-order valence-electron chi connectivity index (χ1n) is 6.05. The second-order valence-electron chi connectivity index (χ2n) is 4.41. The average Bonchev–Trinajstić information content (AvgIpc) is 2.79. The van der Waals surface area contributed by atoms with E-state index in [4.69, 9.17) is 0 Å². The van der Waals surface area contributed by atoms with Crippen molar-refractivity contribution >= 4 is 0 Å². The number of hydrogen-bond donors (Lipinski definition) is 1. The van der Waals surface area contributed by atoms with E-state index >= 15 is 0 Å². The SMILES string of the molecule is CNC(Cc1cccc(F)c1F)Cc1ncnn1C. The summed E-state index contributed by atoms with van der Waals surface area (Å²) in [5.74, 6) is -0.789. The number of likely N-dealkylation sites (N-methyl/N-ethyl adjacent to an activating group) is 1. The Morgan fingerprint density at radius 1 is 1.32 bits per heavy atom. The van der Waals surface area contributed by atoms with Crippen molar-refractivity contribution in [2.45, 2.75) is 18.9 Å². The molecule has 0 saturated carbocycles. The highest BCUT2D eigenvalue weighted by atomic mass is 19.2. The molecule has 6 heteroatoms. The van der Waals surface area contributed by atoms with E-state index in [1.165, 1.54) is 12.4 Å². The summed E-state index contributed by atoms with van der Waals surface area (Å²) in [5, 5.41) is 7.08. The van der Waals surface area contributed by atoms with Gasteiger partial charge in [0.1, 0.15) is 12.2 Å². The maximum Gasteiger partial charge on any atom is 0.162 e. The summed E-state index contributed by atoms with van der Waals surface area (Å²) in [6.07, 6.45) is 2.47. The van der Waals surface area contributed by atoms with Gasteiger partial charge in [0, 0.05) is 19.5 Å². The molecule has 0 fully saturated rings. The zero-order valence-electron chi connectivity index (χ0n) is 10.9. The van der Waals surface area contributed by atoms with Crippen LogP contribution in [0.3, 0.4) is 0 Å². The van der Waals surface area contributed by atoms with Gasteiger partial charge in [0.15, 0.2) is 11.6 Å². The molecule has 0 aliphatic rings. The predicted octanol–water partition coefficient (Wildman–Crippen LogP) is 1.47. The number of hydrogen-bond acceptors (Lipinski definition) is 3. The molecule has 0 aliphatic carbocycles.